The normalized spacial score (nSPS) is 30.1. The van der Waals surface area contributed by atoms with Gasteiger partial charge >= 0.3 is 0 Å². The number of rotatable bonds is 5. The fourth-order valence-electron chi connectivity index (χ4n) is 2.77. The molecule has 3 rings (SSSR count). The number of fused-ring (bicyclic) bond motifs is 1. The Hall–Kier alpha value is -2.01. The molecule has 1 fully saturated rings. The van der Waals surface area contributed by atoms with Crippen LogP contribution in [0.5, 0.6) is 5.88 Å². The Morgan fingerprint density at radius 1 is 1.46 bits per heavy atom. The van der Waals surface area contributed by atoms with E-state index < -0.39 is 30.6 Å². The largest absolute Gasteiger partial charge is 0.476 e. The topological polar surface area (TPSA) is 149 Å². The van der Waals surface area contributed by atoms with Gasteiger partial charge in [0.15, 0.2) is 17.4 Å². The summed E-state index contributed by atoms with van der Waals surface area (Å²) in [6.07, 6.45) is -0.986. The number of nitrogens with zero attached hydrogens (tertiary/aromatic N) is 4. The van der Waals surface area contributed by atoms with Crippen molar-refractivity contribution in [3.63, 3.8) is 0 Å². The summed E-state index contributed by atoms with van der Waals surface area (Å²) in [4.78, 5) is 12.4. The summed E-state index contributed by atoms with van der Waals surface area (Å²) in [5.74, 6) is 0.238. The van der Waals surface area contributed by atoms with Crippen molar-refractivity contribution >= 4 is 17.1 Å². The van der Waals surface area contributed by atoms with E-state index in [0.717, 1.165) is 6.42 Å². The van der Waals surface area contributed by atoms with Gasteiger partial charge in [-0.1, -0.05) is 6.92 Å². The molecule has 0 spiro atoms. The Labute approximate surface area is 137 Å². The van der Waals surface area contributed by atoms with Crippen LogP contribution in [0.25, 0.3) is 11.2 Å². The fraction of sp³-hybridized carbons (Fsp3) is 0.643. The molecule has 0 amide bonds. The summed E-state index contributed by atoms with van der Waals surface area (Å²) in [7, 11) is 0. The molecule has 2 aromatic heterocycles. The second-order valence-electron chi connectivity index (χ2n) is 5.94. The molecule has 4 atom stereocenters. The van der Waals surface area contributed by atoms with Gasteiger partial charge in [0.05, 0.1) is 19.5 Å². The third kappa shape index (κ3) is 2.57. The lowest BCUT2D eigenvalue weighted by atomic mass is 9.96. The number of ether oxygens (including phenoxy) is 2. The first-order valence-electron chi connectivity index (χ1n) is 7.69. The molecule has 132 valence electrons. The van der Waals surface area contributed by atoms with Gasteiger partial charge in [0.1, 0.15) is 17.8 Å². The summed E-state index contributed by atoms with van der Waals surface area (Å²) in [5, 5.41) is 30.0. The van der Waals surface area contributed by atoms with Crippen molar-refractivity contribution in [2.75, 3.05) is 18.9 Å². The summed E-state index contributed by atoms with van der Waals surface area (Å²) < 4.78 is 12.6. The van der Waals surface area contributed by atoms with Gasteiger partial charge in [0.2, 0.25) is 11.8 Å². The first-order valence-corrected chi connectivity index (χ1v) is 7.69. The van der Waals surface area contributed by atoms with Crippen LogP contribution in [0.4, 0.5) is 5.95 Å². The molecule has 5 N–H and O–H groups in total. The predicted molar refractivity (Wildman–Crippen MR) is 83.1 cm³/mol. The van der Waals surface area contributed by atoms with E-state index in [2.05, 4.69) is 15.0 Å². The number of imidazole rings is 1. The molecular formula is C14H21N5O5. The fourth-order valence-corrected chi connectivity index (χ4v) is 2.77. The van der Waals surface area contributed by atoms with Crippen LogP contribution >= 0.6 is 0 Å². The Morgan fingerprint density at radius 3 is 2.83 bits per heavy atom. The summed E-state index contributed by atoms with van der Waals surface area (Å²) in [6.45, 7) is 3.40. The molecule has 0 radical (unpaired) electrons. The highest BCUT2D eigenvalue weighted by Crippen LogP contribution is 2.39. The van der Waals surface area contributed by atoms with E-state index in [4.69, 9.17) is 15.2 Å². The summed E-state index contributed by atoms with van der Waals surface area (Å²) in [6, 6.07) is 0. The zero-order valence-electron chi connectivity index (χ0n) is 13.5. The monoisotopic (exact) mass is 339 g/mol. The molecule has 0 aromatic carbocycles. The molecule has 1 aliphatic rings. The van der Waals surface area contributed by atoms with Crippen LogP contribution in [0.15, 0.2) is 6.33 Å². The number of hydrogen-bond acceptors (Lipinski definition) is 9. The lowest BCUT2D eigenvalue weighted by molar-refractivity contribution is -0.0950. The highest BCUT2D eigenvalue weighted by atomic mass is 16.6. The first kappa shape index (κ1) is 16.8. The summed E-state index contributed by atoms with van der Waals surface area (Å²) in [5.41, 5.74) is 4.77. The molecule has 1 aliphatic heterocycles. The van der Waals surface area contributed by atoms with Gasteiger partial charge in [-0.2, -0.15) is 9.97 Å². The van der Waals surface area contributed by atoms with Gasteiger partial charge in [0.25, 0.3) is 0 Å². The SMILES string of the molecule is CCCOc1nc(N)nc2c1ncn2C1OC(CO)C(O)C1(C)O. The molecule has 24 heavy (non-hydrogen) atoms. The van der Waals surface area contributed by atoms with Gasteiger partial charge in [-0.3, -0.25) is 4.57 Å². The third-order valence-electron chi connectivity index (χ3n) is 4.04. The maximum absolute atomic E-state index is 10.6. The molecule has 0 aliphatic carbocycles. The van der Waals surface area contributed by atoms with E-state index in [1.54, 1.807) is 0 Å². The zero-order chi connectivity index (χ0) is 17.5. The molecule has 10 heteroatoms. The highest BCUT2D eigenvalue weighted by Gasteiger charge is 2.53. The highest BCUT2D eigenvalue weighted by molar-refractivity contribution is 5.77. The van der Waals surface area contributed by atoms with Gasteiger partial charge in [-0.25, -0.2) is 4.98 Å². The van der Waals surface area contributed by atoms with Crippen molar-refractivity contribution in [3.8, 4) is 5.88 Å². The van der Waals surface area contributed by atoms with Crippen LogP contribution in [0.1, 0.15) is 26.5 Å². The van der Waals surface area contributed by atoms with Crippen LogP contribution in [0, 0.1) is 0 Å². The van der Waals surface area contributed by atoms with Crippen LogP contribution in [0.3, 0.4) is 0 Å². The lowest BCUT2D eigenvalue weighted by Crippen LogP contribution is -2.44. The van der Waals surface area contributed by atoms with Crippen molar-refractivity contribution < 1.29 is 24.8 Å². The van der Waals surface area contributed by atoms with Crippen molar-refractivity contribution in [3.05, 3.63) is 6.33 Å². The minimum Gasteiger partial charge on any atom is -0.476 e. The third-order valence-corrected chi connectivity index (χ3v) is 4.04. The molecule has 1 saturated heterocycles. The Balaban J connectivity index is 2.06. The minimum absolute atomic E-state index is 0.00718. The Bertz CT molecular complexity index is 734. The van der Waals surface area contributed by atoms with E-state index in [9.17, 15) is 15.3 Å². The maximum atomic E-state index is 10.6. The van der Waals surface area contributed by atoms with Crippen LogP contribution in [0.2, 0.25) is 0 Å². The van der Waals surface area contributed by atoms with E-state index in [1.807, 2.05) is 6.92 Å². The van der Waals surface area contributed by atoms with E-state index in [0.29, 0.717) is 17.8 Å². The van der Waals surface area contributed by atoms with E-state index >= 15 is 0 Å². The molecule has 3 heterocycles. The number of nitrogens with two attached hydrogens (primary N) is 1. The van der Waals surface area contributed by atoms with Crippen molar-refractivity contribution in [1.29, 1.82) is 0 Å². The molecule has 0 bridgehead atoms. The number of hydrogen-bond donors (Lipinski definition) is 4. The second kappa shape index (κ2) is 6.13. The van der Waals surface area contributed by atoms with E-state index in [-0.39, 0.29) is 11.8 Å². The minimum atomic E-state index is -1.65. The standard InChI is InChI=1S/C14H21N5O5/c1-3-4-23-11-8-10(17-13(15)18-11)19(6-16-8)12-14(2,22)9(21)7(5-20)24-12/h6-7,9,12,20-22H,3-5H2,1-2H3,(H2,15,17,18). The number of anilines is 1. The van der Waals surface area contributed by atoms with E-state index in [1.165, 1.54) is 17.8 Å². The summed E-state index contributed by atoms with van der Waals surface area (Å²) >= 11 is 0. The average Bonchev–Trinajstić information content (AvgIpc) is 3.05. The Kier molecular flexibility index (Phi) is 4.30. The number of aliphatic hydroxyl groups is 3. The lowest BCUT2D eigenvalue weighted by Gasteiger charge is -2.27. The van der Waals surface area contributed by atoms with Gasteiger partial charge in [0, 0.05) is 0 Å². The smallest absolute Gasteiger partial charge is 0.247 e. The molecule has 4 unspecified atom stereocenters. The van der Waals surface area contributed by atoms with Gasteiger partial charge < -0.3 is 30.5 Å². The molecule has 10 nitrogen and oxygen atoms in total. The van der Waals surface area contributed by atoms with Crippen LogP contribution < -0.4 is 10.5 Å². The van der Waals surface area contributed by atoms with Gasteiger partial charge in [-0.15, -0.1) is 0 Å². The second-order valence-corrected chi connectivity index (χ2v) is 5.94. The number of aliphatic hydroxyl groups excluding tert-OH is 2. The molecular weight excluding hydrogens is 318 g/mol. The van der Waals surface area contributed by atoms with Crippen molar-refractivity contribution in [1.82, 2.24) is 19.5 Å². The van der Waals surface area contributed by atoms with Crippen molar-refractivity contribution in [2.45, 2.75) is 44.3 Å². The van der Waals surface area contributed by atoms with Crippen LogP contribution in [-0.2, 0) is 4.74 Å². The van der Waals surface area contributed by atoms with Gasteiger partial charge in [-0.05, 0) is 13.3 Å². The molecule has 0 saturated carbocycles. The average molecular weight is 339 g/mol. The van der Waals surface area contributed by atoms with Crippen molar-refractivity contribution in [2.24, 2.45) is 0 Å². The van der Waals surface area contributed by atoms with Crippen LogP contribution in [-0.4, -0.2) is 65.9 Å². The zero-order valence-corrected chi connectivity index (χ0v) is 13.5. The first-order chi connectivity index (χ1) is 11.4. The quantitative estimate of drug-likeness (QED) is 0.549. The Morgan fingerprint density at radius 2 is 2.21 bits per heavy atom. The molecule has 2 aromatic rings. The maximum Gasteiger partial charge on any atom is 0.247 e. The number of nitrogen functional groups attached to an aromatic ring is 1. The predicted octanol–water partition coefficient (Wildman–Crippen LogP) is -0.801. The number of aromatic nitrogens is 4.